The summed E-state index contributed by atoms with van der Waals surface area (Å²) < 4.78 is 9.47. The molecule has 4 unspecified atom stereocenters. The molecule has 2 fully saturated rings. The molecule has 1 aliphatic heterocycles. The molecular weight excluding hydrogens is 615 g/mol. The van der Waals surface area contributed by atoms with E-state index in [-0.39, 0.29) is 42.4 Å². The van der Waals surface area contributed by atoms with Crippen LogP contribution in [0.5, 0.6) is 0 Å². The van der Waals surface area contributed by atoms with Gasteiger partial charge in [-0.05, 0) is 54.9 Å². The van der Waals surface area contributed by atoms with E-state index < -0.39 is 35.8 Å². The van der Waals surface area contributed by atoms with E-state index in [0.29, 0.717) is 44.5 Å². The summed E-state index contributed by atoms with van der Waals surface area (Å²) in [6.07, 6.45) is 11.4. The van der Waals surface area contributed by atoms with Crippen molar-refractivity contribution in [1.82, 2.24) is 26.2 Å². The van der Waals surface area contributed by atoms with Gasteiger partial charge < -0.3 is 30.7 Å². The van der Waals surface area contributed by atoms with Crippen LogP contribution in [0.2, 0.25) is 0 Å². The summed E-state index contributed by atoms with van der Waals surface area (Å²) in [5, 5.41) is 14.0. The largest absolute Gasteiger partial charge is 0.344 e. The van der Waals surface area contributed by atoms with Crippen LogP contribution in [-0.2, 0) is 25.7 Å². The zero-order valence-electron chi connectivity index (χ0n) is 26.4. The van der Waals surface area contributed by atoms with E-state index >= 15 is 0 Å². The topological polar surface area (TPSA) is 157 Å². The van der Waals surface area contributed by atoms with Crippen molar-refractivity contribution in [3.63, 3.8) is 0 Å². The molecule has 2 heterocycles. The molecule has 1 saturated heterocycles. The number of amides is 4. The SMILES string of the molecule is C#CCCC(NC(=O)C1CCCN1C(=O)C(NC(=O)NC(CNCc1sccc1SO)C(C)(C)C)C1CCCCC1)C(=O)C=O. The highest BCUT2D eigenvalue weighted by molar-refractivity contribution is 7.94. The van der Waals surface area contributed by atoms with Gasteiger partial charge in [-0.1, -0.05) is 40.0 Å². The number of hydrogen-bond acceptors (Lipinski definition) is 9. The zero-order valence-corrected chi connectivity index (χ0v) is 28.1. The Morgan fingerprint density at radius 2 is 1.87 bits per heavy atom. The Morgan fingerprint density at radius 1 is 1.13 bits per heavy atom. The molecule has 5 N–H and O–H groups in total. The van der Waals surface area contributed by atoms with Gasteiger partial charge in [0.1, 0.15) is 12.1 Å². The fourth-order valence-corrected chi connectivity index (χ4v) is 7.36. The molecule has 1 aromatic rings. The minimum Gasteiger partial charge on any atom is -0.344 e. The van der Waals surface area contributed by atoms with Gasteiger partial charge in [0.05, 0.1) is 10.9 Å². The average Bonchev–Trinajstić information content (AvgIpc) is 3.70. The Morgan fingerprint density at radius 3 is 2.51 bits per heavy atom. The van der Waals surface area contributed by atoms with Crippen molar-refractivity contribution in [3.8, 4) is 12.3 Å². The molecule has 4 amide bonds. The highest BCUT2D eigenvalue weighted by Crippen LogP contribution is 2.30. The number of ketones is 1. The summed E-state index contributed by atoms with van der Waals surface area (Å²) in [6, 6.07) is -1.53. The van der Waals surface area contributed by atoms with Crippen LogP contribution < -0.4 is 21.3 Å². The van der Waals surface area contributed by atoms with Gasteiger partial charge in [0.2, 0.25) is 17.6 Å². The normalized spacial score (nSPS) is 19.2. The van der Waals surface area contributed by atoms with Gasteiger partial charge in [0, 0.05) is 49.0 Å². The van der Waals surface area contributed by atoms with Gasteiger partial charge >= 0.3 is 6.03 Å². The van der Waals surface area contributed by atoms with Crippen LogP contribution in [-0.4, -0.2) is 76.6 Å². The Balaban J connectivity index is 1.71. The van der Waals surface area contributed by atoms with Gasteiger partial charge in [-0.15, -0.1) is 23.7 Å². The molecule has 0 spiro atoms. The first-order chi connectivity index (χ1) is 21.5. The van der Waals surface area contributed by atoms with Crippen LogP contribution in [0.4, 0.5) is 4.79 Å². The Kier molecular flexibility index (Phi) is 14.4. The fourth-order valence-electron chi connectivity index (χ4n) is 5.98. The maximum Gasteiger partial charge on any atom is 0.315 e. The van der Waals surface area contributed by atoms with Crippen LogP contribution in [0, 0.1) is 23.7 Å². The Labute approximate surface area is 274 Å². The number of rotatable bonds is 15. The highest BCUT2D eigenvalue weighted by Gasteiger charge is 2.41. The van der Waals surface area contributed by atoms with Crippen LogP contribution in [0.3, 0.4) is 0 Å². The van der Waals surface area contributed by atoms with Crippen LogP contribution in [0.1, 0.15) is 83.4 Å². The van der Waals surface area contributed by atoms with Crippen LogP contribution in [0.15, 0.2) is 16.3 Å². The van der Waals surface area contributed by atoms with Crippen LogP contribution in [0.25, 0.3) is 0 Å². The van der Waals surface area contributed by atoms with E-state index in [0.717, 1.165) is 41.9 Å². The second kappa shape index (κ2) is 17.7. The first-order valence-electron chi connectivity index (χ1n) is 15.7. The maximum atomic E-state index is 14.1. The first kappa shape index (κ1) is 36.5. The number of thiophene rings is 1. The monoisotopic (exact) mass is 661 g/mol. The van der Waals surface area contributed by atoms with E-state index in [2.05, 4.69) is 27.2 Å². The molecule has 2 aliphatic rings. The van der Waals surface area contributed by atoms with Gasteiger partial charge in [-0.3, -0.25) is 19.2 Å². The molecule has 4 atom stereocenters. The van der Waals surface area contributed by atoms with Gasteiger partial charge in [0.25, 0.3) is 0 Å². The highest BCUT2D eigenvalue weighted by atomic mass is 32.2. The van der Waals surface area contributed by atoms with Gasteiger partial charge in [-0.2, -0.15) is 0 Å². The lowest BCUT2D eigenvalue weighted by molar-refractivity contribution is -0.142. The molecule has 11 nitrogen and oxygen atoms in total. The van der Waals surface area contributed by atoms with E-state index in [1.807, 2.05) is 32.2 Å². The molecule has 248 valence electrons. The number of terminal acetylenes is 1. The number of nitrogens with zero attached hydrogens (tertiary/aromatic N) is 1. The predicted octanol–water partition coefficient (Wildman–Crippen LogP) is 3.72. The lowest BCUT2D eigenvalue weighted by Crippen LogP contribution is -2.60. The second-order valence-corrected chi connectivity index (χ2v) is 14.5. The summed E-state index contributed by atoms with van der Waals surface area (Å²) in [5.74, 6) is 0.770. The van der Waals surface area contributed by atoms with E-state index in [1.165, 1.54) is 4.90 Å². The van der Waals surface area contributed by atoms with Crippen molar-refractivity contribution in [2.24, 2.45) is 11.3 Å². The zero-order chi connectivity index (χ0) is 33.0. The fraction of sp³-hybridized carbons (Fsp3) is 0.656. The van der Waals surface area contributed by atoms with E-state index in [4.69, 9.17) is 6.42 Å². The molecule has 0 bridgehead atoms. The van der Waals surface area contributed by atoms with Gasteiger partial charge in [-0.25, -0.2) is 4.79 Å². The van der Waals surface area contributed by atoms with Gasteiger partial charge in [0.15, 0.2) is 6.29 Å². The second-order valence-electron chi connectivity index (χ2n) is 12.9. The predicted molar refractivity (Wildman–Crippen MR) is 176 cm³/mol. The van der Waals surface area contributed by atoms with Crippen LogP contribution >= 0.6 is 23.4 Å². The smallest absolute Gasteiger partial charge is 0.315 e. The number of hydrogen-bond donors (Lipinski definition) is 5. The van der Waals surface area contributed by atoms with Crippen molar-refractivity contribution in [2.45, 2.75) is 114 Å². The third-order valence-electron chi connectivity index (χ3n) is 8.65. The molecule has 13 heteroatoms. The molecule has 3 rings (SSSR count). The van der Waals surface area contributed by atoms with E-state index in [9.17, 15) is 28.5 Å². The lowest BCUT2D eigenvalue weighted by Gasteiger charge is -2.36. The minimum absolute atomic E-state index is 0.0687. The number of carbonyl (C=O) groups is 5. The molecule has 1 aliphatic carbocycles. The molecule has 0 aromatic carbocycles. The lowest BCUT2D eigenvalue weighted by atomic mass is 9.83. The minimum atomic E-state index is -1.04. The third kappa shape index (κ3) is 10.6. The summed E-state index contributed by atoms with van der Waals surface area (Å²) in [7, 11) is 0. The first-order valence-corrected chi connectivity index (χ1v) is 17.3. The third-order valence-corrected chi connectivity index (χ3v) is 10.3. The Hall–Kier alpha value is -2.92. The van der Waals surface area contributed by atoms with Crippen molar-refractivity contribution in [3.05, 3.63) is 16.3 Å². The summed E-state index contributed by atoms with van der Waals surface area (Å²) in [4.78, 5) is 67.5. The molecule has 1 saturated carbocycles. The summed E-state index contributed by atoms with van der Waals surface area (Å²) in [6.45, 7) is 7.46. The number of likely N-dealkylation sites (tertiary alicyclic amines) is 1. The molecule has 0 radical (unpaired) electrons. The number of nitrogens with one attached hydrogen (secondary N) is 4. The summed E-state index contributed by atoms with van der Waals surface area (Å²) >= 11 is 2.26. The number of aldehydes is 1. The van der Waals surface area contributed by atoms with Crippen molar-refractivity contribution in [1.29, 1.82) is 0 Å². The maximum absolute atomic E-state index is 14.1. The molecule has 1 aromatic heterocycles. The molecule has 45 heavy (non-hydrogen) atoms. The standard InChI is InChI=1S/C32H47N5O6S2/c1-5-6-13-22(24(39)20-38)34-29(40)23-14-10-16-37(23)30(41)28(21-11-8-7-9-12-21)36-31(42)35-27(32(2,3)4)19-33-18-26-25(45-43)15-17-44-26/h1,15,17,20-23,27-28,33,43H,6-14,16,18-19H2,2-4H3,(H,34,40)(H2,35,36,42). The van der Waals surface area contributed by atoms with Crippen molar-refractivity contribution in [2.75, 3.05) is 13.1 Å². The number of Topliss-reactive ketones (excluding diaryl/α,β-unsaturated/α-hetero) is 1. The molecular formula is C32H47N5O6S2. The average molecular weight is 662 g/mol. The van der Waals surface area contributed by atoms with Crippen molar-refractivity contribution < 1.29 is 28.5 Å². The Bertz CT molecular complexity index is 1220. The van der Waals surface area contributed by atoms with Crippen molar-refractivity contribution >= 4 is 53.3 Å². The number of carbonyl (C=O) groups excluding carboxylic acids is 5. The van der Waals surface area contributed by atoms with E-state index in [1.54, 1.807) is 11.3 Å². The summed E-state index contributed by atoms with van der Waals surface area (Å²) in [5.41, 5.74) is -0.300. The number of urea groups is 1. The quantitative estimate of drug-likeness (QED) is 0.0824.